The van der Waals surface area contributed by atoms with Crippen LogP contribution in [0, 0.1) is 0 Å². The molecule has 0 heterocycles. The molecular formula is C31H28N2O3. The highest BCUT2D eigenvalue weighted by Gasteiger charge is 2.18. The lowest BCUT2D eigenvalue weighted by Gasteiger charge is -2.17. The van der Waals surface area contributed by atoms with E-state index >= 15 is 0 Å². The zero-order chi connectivity index (χ0) is 25.3. The number of methoxy groups -OCH3 is 1. The van der Waals surface area contributed by atoms with E-state index in [0.29, 0.717) is 16.8 Å². The van der Waals surface area contributed by atoms with Crippen LogP contribution < -0.4 is 15.4 Å². The lowest BCUT2D eigenvalue weighted by atomic mass is 10.0. The Morgan fingerprint density at radius 2 is 1.39 bits per heavy atom. The maximum absolute atomic E-state index is 13.5. The van der Waals surface area contributed by atoms with Crippen LogP contribution in [-0.2, 0) is 4.79 Å². The van der Waals surface area contributed by atoms with Gasteiger partial charge in [-0.2, -0.15) is 0 Å². The predicted octanol–water partition coefficient (Wildman–Crippen LogP) is 6.37. The van der Waals surface area contributed by atoms with Crippen molar-refractivity contribution in [3.63, 3.8) is 0 Å². The van der Waals surface area contributed by atoms with Crippen LogP contribution in [0.25, 0.3) is 11.6 Å². The van der Waals surface area contributed by atoms with Gasteiger partial charge in [0.15, 0.2) is 0 Å². The maximum Gasteiger partial charge on any atom is 0.256 e. The van der Waals surface area contributed by atoms with Crippen LogP contribution in [0.5, 0.6) is 5.75 Å². The summed E-state index contributed by atoms with van der Waals surface area (Å²) in [5.41, 5.74) is 3.94. The number of ether oxygens (including phenoxy) is 1. The van der Waals surface area contributed by atoms with Crippen molar-refractivity contribution in [1.29, 1.82) is 0 Å². The second-order valence-corrected chi connectivity index (χ2v) is 8.30. The molecule has 36 heavy (non-hydrogen) atoms. The van der Waals surface area contributed by atoms with E-state index in [1.807, 2.05) is 97.9 Å². The number of nitrogens with one attached hydrogen (secondary N) is 2. The number of hydrogen-bond acceptors (Lipinski definition) is 3. The first kappa shape index (κ1) is 24.5. The average Bonchev–Trinajstić information content (AvgIpc) is 2.93. The first-order chi connectivity index (χ1) is 17.5. The zero-order valence-corrected chi connectivity index (χ0v) is 20.3. The second kappa shape index (κ2) is 11.7. The van der Waals surface area contributed by atoms with E-state index in [9.17, 15) is 9.59 Å². The highest BCUT2D eigenvalue weighted by atomic mass is 16.5. The number of hydrogen-bond donors (Lipinski definition) is 2. The third-order valence-electron chi connectivity index (χ3n) is 5.82. The van der Waals surface area contributed by atoms with Gasteiger partial charge >= 0.3 is 0 Å². The molecule has 4 aromatic rings. The van der Waals surface area contributed by atoms with Crippen LogP contribution >= 0.6 is 0 Å². The van der Waals surface area contributed by atoms with Crippen molar-refractivity contribution < 1.29 is 14.3 Å². The molecule has 0 saturated heterocycles. The number of carbonyl (C=O) groups excluding carboxylic acids is 2. The number of anilines is 1. The maximum atomic E-state index is 13.5. The number of rotatable bonds is 8. The minimum Gasteiger partial charge on any atom is -0.497 e. The molecule has 0 radical (unpaired) electrons. The van der Waals surface area contributed by atoms with Crippen molar-refractivity contribution in [2.45, 2.75) is 13.0 Å². The average molecular weight is 477 g/mol. The van der Waals surface area contributed by atoms with Crippen molar-refractivity contribution in [2.24, 2.45) is 0 Å². The fourth-order valence-electron chi connectivity index (χ4n) is 3.84. The van der Waals surface area contributed by atoms with Gasteiger partial charge in [-0.05, 0) is 54.0 Å². The van der Waals surface area contributed by atoms with Crippen LogP contribution in [0.3, 0.4) is 0 Å². The van der Waals surface area contributed by atoms with Gasteiger partial charge in [-0.1, -0.05) is 84.9 Å². The largest absolute Gasteiger partial charge is 0.497 e. The Labute approximate surface area is 211 Å². The summed E-state index contributed by atoms with van der Waals surface area (Å²) in [4.78, 5) is 26.7. The van der Waals surface area contributed by atoms with Crippen LogP contribution in [0.4, 0.5) is 5.69 Å². The minimum atomic E-state index is -0.312. The Balaban J connectivity index is 1.60. The molecule has 0 aliphatic carbocycles. The molecule has 2 amide bonds. The zero-order valence-electron chi connectivity index (χ0n) is 20.3. The molecule has 0 aliphatic heterocycles. The first-order valence-corrected chi connectivity index (χ1v) is 11.7. The molecule has 1 atom stereocenters. The fraction of sp³-hybridized carbons (Fsp3) is 0.0968. The molecule has 4 rings (SSSR count). The molecule has 0 aromatic heterocycles. The van der Waals surface area contributed by atoms with E-state index in [2.05, 4.69) is 10.6 Å². The van der Waals surface area contributed by atoms with Crippen molar-refractivity contribution in [3.8, 4) is 5.75 Å². The van der Waals surface area contributed by atoms with Gasteiger partial charge in [-0.3, -0.25) is 9.59 Å². The summed E-state index contributed by atoms with van der Waals surface area (Å²) in [5, 5.41) is 5.97. The molecule has 0 fully saturated rings. The Morgan fingerprint density at radius 1 is 0.778 bits per heavy atom. The lowest BCUT2D eigenvalue weighted by Crippen LogP contribution is -2.28. The number of benzene rings is 4. The summed E-state index contributed by atoms with van der Waals surface area (Å²) in [5.74, 6) is 0.165. The Morgan fingerprint density at radius 3 is 2.06 bits per heavy atom. The smallest absolute Gasteiger partial charge is 0.256 e. The van der Waals surface area contributed by atoms with Gasteiger partial charge in [0.05, 0.1) is 24.4 Å². The van der Waals surface area contributed by atoms with E-state index in [0.717, 1.165) is 22.4 Å². The van der Waals surface area contributed by atoms with Gasteiger partial charge in [-0.25, -0.2) is 0 Å². The summed E-state index contributed by atoms with van der Waals surface area (Å²) in [6.45, 7) is 1.93. The monoisotopic (exact) mass is 476 g/mol. The quantitative estimate of drug-likeness (QED) is 0.230. The third kappa shape index (κ3) is 6.07. The molecule has 0 bridgehead atoms. The molecule has 180 valence electrons. The molecular weight excluding hydrogens is 448 g/mol. The summed E-state index contributed by atoms with van der Waals surface area (Å²) in [7, 11) is 1.61. The number of carbonyl (C=O) groups is 2. The lowest BCUT2D eigenvalue weighted by molar-refractivity contribution is -0.111. The second-order valence-electron chi connectivity index (χ2n) is 8.30. The van der Waals surface area contributed by atoms with Crippen molar-refractivity contribution in [3.05, 3.63) is 131 Å². The highest BCUT2D eigenvalue weighted by molar-refractivity contribution is 6.29. The minimum absolute atomic E-state index is 0.183. The Hall–Kier alpha value is -4.64. The molecule has 0 spiro atoms. The molecule has 5 nitrogen and oxygen atoms in total. The normalized spacial score (nSPS) is 11.9. The van der Waals surface area contributed by atoms with E-state index in [1.165, 1.54) is 0 Å². The molecule has 0 saturated carbocycles. The predicted molar refractivity (Wildman–Crippen MR) is 145 cm³/mol. The van der Waals surface area contributed by atoms with Crippen LogP contribution in [0.1, 0.15) is 40.0 Å². The summed E-state index contributed by atoms with van der Waals surface area (Å²) >= 11 is 0. The van der Waals surface area contributed by atoms with Crippen molar-refractivity contribution in [1.82, 2.24) is 5.32 Å². The standard InChI is InChI=1S/C31H28N2O3/c1-22(24-11-5-3-6-12-24)32-30(34)27-15-9-10-16-29(27)33-31(35)28(25-13-7-4-8-14-25)21-23-17-19-26(36-2)20-18-23/h3-22H,1-2H3,(H,32,34)(H,33,35)/b28-21+. The van der Waals surface area contributed by atoms with Crippen LogP contribution in [-0.4, -0.2) is 18.9 Å². The van der Waals surface area contributed by atoms with Gasteiger partial charge < -0.3 is 15.4 Å². The summed E-state index contributed by atoms with van der Waals surface area (Å²) in [6, 6.07) is 33.5. The molecule has 5 heteroatoms. The number of para-hydroxylation sites is 1. The van der Waals surface area contributed by atoms with Crippen LogP contribution in [0.15, 0.2) is 109 Å². The van der Waals surface area contributed by atoms with E-state index in [4.69, 9.17) is 4.74 Å². The van der Waals surface area contributed by atoms with Crippen molar-refractivity contribution in [2.75, 3.05) is 12.4 Å². The molecule has 0 aliphatic rings. The molecule has 2 N–H and O–H groups in total. The van der Waals surface area contributed by atoms with Gasteiger partial charge in [-0.15, -0.1) is 0 Å². The van der Waals surface area contributed by atoms with Gasteiger partial charge in [0, 0.05) is 5.57 Å². The van der Waals surface area contributed by atoms with Gasteiger partial charge in [0.25, 0.3) is 11.8 Å². The summed E-state index contributed by atoms with van der Waals surface area (Å²) < 4.78 is 5.24. The Bertz CT molecular complexity index is 1350. The summed E-state index contributed by atoms with van der Waals surface area (Å²) in [6.07, 6.45) is 1.82. The SMILES string of the molecule is COc1ccc(/C=C(/C(=O)Nc2ccccc2C(=O)NC(C)c2ccccc2)c2ccccc2)cc1. The first-order valence-electron chi connectivity index (χ1n) is 11.7. The van der Waals surface area contributed by atoms with Crippen LogP contribution in [0.2, 0.25) is 0 Å². The van der Waals surface area contributed by atoms with Crippen molar-refractivity contribution >= 4 is 29.2 Å². The molecule has 4 aromatic carbocycles. The fourth-order valence-corrected chi connectivity index (χ4v) is 3.84. The number of amides is 2. The topological polar surface area (TPSA) is 67.4 Å². The van der Waals surface area contributed by atoms with E-state index < -0.39 is 0 Å². The van der Waals surface area contributed by atoms with E-state index in [1.54, 1.807) is 31.4 Å². The van der Waals surface area contributed by atoms with E-state index in [-0.39, 0.29) is 17.9 Å². The van der Waals surface area contributed by atoms with Gasteiger partial charge in [0.2, 0.25) is 0 Å². The molecule has 1 unspecified atom stereocenters. The Kier molecular flexibility index (Phi) is 7.94. The third-order valence-corrected chi connectivity index (χ3v) is 5.82. The highest BCUT2D eigenvalue weighted by Crippen LogP contribution is 2.24. The van der Waals surface area contributed by atoms with Gasteiger partial charge in [0.1, 0.15) is 5.75 Å².